The number of nitrogens with zero attached hydrogens (tertiary/aromatic N) is 4. The van der Waals surface area contributed by atoms with Gasteiger partial charge in [-0.1, -0.05) is 32.0 Å². The third-order valence-electron chi connectivity index (χ3n) is 3.92. The van der Waals surface area contributed by atoms with E-state index in [2.05, 4.69) is 26.2 Å². The molecule has 1 heterocycles. The van der Waals surface area contributed by atoms with E-state index in [1.165, 1.54) is 11.0 Å². The molecule has 0 aliphatic heterocycles. The number of aromatic nitrogens is 4. The van der Waals surface area contributed by atoms with Crippen molar-refractivity contribution >= 4 is 17.5 Å². The summed E-state index contributed by atoms with van der Waals surface area (Å²) in [6.07, 6.45) is 1.47. The molecule has 0 saturated carbocycles. The second-order valence-electron chi connectivity index (χ2n) is 6.33. The van der Waals surface area contributed by atoms with E-state index in [4.69, 9.17) is 0 Å². The van der Waals surface area contributed by atoms with Gasteiger partial charge in [0, 0.05) is 23.7 Å². The normalized spacial score (nSPS) is 10.6. The summed E-state index contributed by atoms with van der Waals surface area (Å²) >= 11 is 0. The Balaban J connectivity index is 1.59. The predicted octanol–water partition coefficient (Wildman–Crippen LogP) is 2.19. The van der Waals surface area contributed by atoms with Crippen molar-refractivity contribution in [2.75, 3.05) is 5.32 Å². The molecule has 27 heavy (non-hydrogen) atoms. The maximum Gasteiger partial charge on any atom is 0.251 e. The zero-order valence-electron chi connectivity index (χ0n) is 15.1. The predicted molar refractivity (Wildman–Crippen MR) is 100 cm³/mol. The highest BCUT2D eigenvalue weighted by molar-refractivity contribution is 5.94. The molecule has 2 amide bonds. The molecule has 2 aromatic carbocycles. The summed E-state index contributed by atoms with van der Waals surface area (Å²) in [4.78, 5) is 24.1. The standard InChI is InChI=1S/C19H20N6O2/c1-13(2)18(26)22-16-8-6-14(7-9-16)11-20-19(27)15-4-3-5-17(10-15)25-12-21-23-24-25/h3-10,12-13H,11H2,1-2H3,(H,20,27)(H,22,26). The number of anilines is 1. The molecule has 0 spiro atoms. The van der Waals surface area contributed by atoms with Crippen LogP contribution in [0.3, 0.4) is 0 Å². The highest BCUT2D eigenvalue weighted by Gasteiger charge is 2.09. The molecule has 138 valence electrons. The topological polar surface area (TPSA) is 102 Å². The smallest absolute Gasteiger partial charge is 0.251 e. The van der Waals surface area contributed by atoms with Gasteiger partial charge in [-0.05, 0) is 46.3 Å². The Hall–Kier alpha value is -3.55. The fourth-order valence-corrected chi connectivity index (χ4v) is 2.35. The number of carbonyl (C=O) groups is 2. The summed E-state index contributed by atoms with van der Waals surface area (Å²) in [5, 5.41) is 16.7. The molecule has 3 aromatic rings. The van der Waals surface area contributed by atoms with E-state index in [9.17, 15) is 9.59 Å². The van der Waals surface area contributed by atoms with Gasteiger partial charge in [0.1, 0.15) is 6.33 Å². The lowest BCUT2D eigenvalue weighted by Crippen LogP contribution is -2.23. The van der Waals surface area contributed by atoms with Crippen molar-refractivity contribution in [1.29, 1.82) is 0 Å². The summed E-state index contributed by atoms with van der Waals surface area (Å²) in [6.45, 7) is 4.06. The maximum absolute atomic E-state index is 12.4. The van der Waals surface area contributed by atoms with Crippen molar-refractivity contribution in [3.63, 3.8) is 0 Å². The van der Waals surface area contributed by atoms with Crippen LogP contribution in [0.5, 0.6) is 0 Å². The maximum atomic E-state index is 12.4. The Bertz CT molecular complexity index is 920. The zero-order chi connectivity index (χ0) is 19.2. The van der Waals surface area contributed by atoms with Crippen molar-refractivity contribution < 1.29 is 9.59 Å². The van der Waals surface area contributed by atoms with Crippen LogP contribution < -0.4 is 10.6 Å². The van der Waals surface area contributed by atoms with Crippen LogP contribution in [0.25, 0.3) is 5.69 Å². The summed E-state index contributed by atoms with van der Waals surface area (Å²) in [7, 11) is 0. The second kappa shape index (κ2) is 8.22. The molecule has 8 nitrogen and oxygen atoms in total. The van der Waals surface area contributed by atoms with Gasteiger partial charge in [0.2, 0.25) is 5.91 Å². The molecule has 0 aliphatic carbocycles. The molecule has 2 N–H and O–H groups in total. The van der Waals surface area contributed by atoms with E-state index in [1.54, 1.807) is 18.2 Å². The van der Waals surface area contributed by atoms with Gasteiger partial charge in [-0.3, -0.25) is 9.59 Å². The quantitative estimate of drug-likeness (QED) is 0.698. The van der Waals surface area contributed by atoms with Gasteiger partial charge in [-0.15, -0.1) is 5.10 Å². The lowest BCUT2D eigenvalue weighted by atomic mass is 10.1. The number of tetrazole rings is 1. The molecular formula is C19H20N6O2. The molecule has 0 radical (unpaired) electrons. The Morgan fingerprint density at radius 1 is 1.11 bits per heavy atom. The minimum absolute atomic E-state index is 0.0292. The minimum atomic E-state index is -0.192. The van der Waals surface area contributed by atoms with Gasteiger partial charge in [0.05, 0.1) is 5.69 Å². The lowest BCUT2D eigenvalue weighted by Gasteiger charge is -2.09. The number of carbonyl (C=O) groups excluding carboxylic acids is 2. The molecule has 1 aromatic heterocycles. The highest BCUT2D eigenvalue weighted by atomic mass is 16.2. The number of amides is 2. The number of hydrogen-bond acceptors (Lipinski definition) is 5. The molecule has 0 saturated heterocycles. The van der Waals surface area contributed by atoms with Crippen molar-refractivity contribution in [2.45, 2.75) is 20.4 Å². The first kappa shape index (κ1) is 18.2. The average molecular weight is 364 g/mol. The van der Waals surface area contributed by atoms with Gasteiger partial charge >= 0.3 is 0 Å². The molecule has 0 bridgehead atoms. The van der Waals surface area contributed by atoms with E-state index >= 15 is 0 Å². The average Bonchev–Trinajstić information content (AvgIpc) is 3.22. The van der Waals surface area contributed by atoms with Gasteiger partial charge < -0.3 is 10.6 Å². The third-order valence-corrected chi connectivity index (χ3v) is 3.92. The summed E-state index contributed by atoms with van der Waals surface area (Å²) in [5.74, 6) is -0.298. The number of rotatable bonds is 6. The number of benzene rings is 2. The van der Waals surface area contributed by atoms with Crippen LogP contribution >= 0.6 is 0 Å². The Labute approximate surface area is 156 Å². The SMILES string of the molecule is CC(C)C(=O)Nc1ccc(CNC(=O)c2cccc(-n3cnnn3)c2)cc1. The number of nitrogens with one attached hydrogen (secondary N) is 2. The van der Waals surface area contributed by atoms with Crippen LogP contribution in [0.2, 0.25) is 0 Å². The van der Waals surface area contributed by atoms with Gasteiger partial charge in [0.25, 0.3) is 5.91 Å². The van der Waals surface area contributed by atoms with Gasteiger partial charge in [-0.25, -0.2) is 4.68 Å². The van der Waals surface area contributed by atoms with Crippen molar-refractivity contribution in [3.8, 4) is 5.69 Å². The van der Waals surface area contributed by atoms with E-state index < -0.39 is 0 Å². The van der Waals surface area contributed by atoms with E-state index in [-0.39, 0.29) is 17.7 Å². The van der Waals surface area contributed by atoms with E-state index in [0.29, 0.717) is 17.8 Å². The summed E-state index contributed by atoms with van der Waals surface area (Å²) < 4.78 is 1.49. The van der Waals surface area contributed by atoms with E-state index in [1.807, 2.05) is 44.2 Å². The first-order valence-electron chi connectivity index (χ1n) is 8.54. The van der Waals surface area contributed by atoms with Gasteiger partial charge in [-0.2, -0.15) is 0 Å². The molecule has 0 atom stereocenters. The molecule has 8 heteroatoms. The molecule has 0 aliphatic rings. The third kappa shape index (κ3) is 4.75. The van der Waals surface area contributed by atoms with Crippen molar-refractivity contribution in [3.05, 3.63) is 66.0 Å². The van der Waals surface area contributed by atoms with Crippen LogP contribution in [0.15, 0.2) is 54.9 Å². The van der Waals surface area contributed by atoms with Crippen molar-refractivity contribution in [1.82, 2.24) is 25.5 Å². The fourth-order valence-electron chi connectivity index (χ4n) is 2.35. The fraction of sp³-hybridized carbons (Fsp3) is 0.211. The molecule has 0 unspecified atom stereocenters. The Kier molecular flexibility index (Phi) is 5.55. The van der Waals surface area contributed by atoms with Crippen LogP contribution in [-0.4, -0.2) is 32.0 Å². The van der Waals surface area contributed by atoms with Crippen LogP contribution in [0, 0.1) is 5.92 Å². The van der Waals surface area contributed by atoms with Gasteiger partial charge in [0.15, 0.2) is 0 Å². The van der Waals surface area contributed by atoms with Crippen LogP contribution in [0.1, 0.15) is 29.8 Å². The molecule has 3 rings (SSSR count). The largest absolute Gasteiger partial charge is 0.348 e. The van der Waals surface area contributed by atoms with Crippen LogP contribution in [0.4, 0.5) is 5.69 Å². The van der Waals surface area contributed by atoms with Crippen LogP contribution in [-0.2, 0) is 11.3 Å². The van der Waals surface area contributed by atoms with Crippen molar-refractivity contribution in [2.24, 2.45) is 5.92 Å². The number of hydrogen-bond donors (Lipinski definition) is 2. The monoisotopic (exact) mass is 364 g/mol. The summed E-state index contributed by atoms with van der Waals surface area (Å²) in [6, 6.07) is 14.4. The molecule has 0 fully saturated rings. The van der Waals surface area contributed by atoms with E-state index in [0.717, 1.165) is 11.3 Å². The first-order valence-corrected chi connectivity index (χ1v) is 8.54. The Morgan fingerprint density at radius 3 is 2.56 bits per heavy atom. The molecular weight excluding hydrogens is 344 g/mol. The second-order valence-corrected chi connectivity index (χ2v) is 6.33. The Morgan fingerprint density at radius 2 is 1.89 bits per heavy atom. The lowest BCUT2D eigenvalue weighted by molar-refractivity contribution is -0.118. The summed E-state index contributed by atoms with van der Waals surface area (Å²) in [5.41, 5.74) is 2.89. The minimum Gasteiger partial charge on any atom is -0.348 e. The zero-order valence-corrected chi connectivity index (χ0v) is 15.1. The highest BCUT2D eigenvalue weighted by Crippen LogP contribution is 2.12. The first-order chi connectivity index (χ1) is 13.0.